The molecule has 126 valence electrons. The number of aliphatic imine (C=N–C) groups is 1. The van der Waals surface area contributed by atoms with Crippen molar-refractivity contribution in [1.82, 2.24) is 15.6 Å². The maximum Gasteiger partial charge on any atom is 0.191 e. The van der Waals surface area contributed by atoms with Gasteiger partial charge in [-0.25, -0.2) is 4.98 Å². The summed E-state index contributed by atoms with van der Waals surface area (Å²) in [4.78, 5) is 11.9. The molecule has 2 aliphatic rings. The molecule has 0 atom stereocenters. The van der Waals surface area contributed by atoms with E-state index >= 15 is 0 Å². The molecule has 2 heterocycles. The van der Waals surface area contributed by atoms with Gasteiger partial charge in [-0.2, -0.15) is 0 Å². The van der Waals surface area contributed by atoms with Crippen LogP contribution in [-0.4, -0.2) is 43.2 Å². The zero-order chi connectivity index (χ0) is 15.9. The van der Waals surface area contributed by atoms with Crippen LogP contribution in [0.15, 0.2) is 22.5 Å². The van der Waals surface area contributed by atoms with E-state index in [1.807, 2.05) is 0 Å². The molecule has 23 heavy (non-hydrogen) atoms. The van der Waals surface area contributed by atoms with Crippen molar-refractivity contribution < 1.29 is 0 Å². The first kappa shape index (κ1) is 16.3. The first-order chi connectivity index (χ1) is 11.3. The minimum Gasteiger partial charge on any atom is -0.357 e. The second-order valence-corrected chi connectivity index (χ2v) is 6.95. The van der Waals surface area contributed by atoms with Crippen LogP contribution in [0.1, 0.15) is 38.3 Å². The lowest BCUT2D eigenvalue weighted by Gasteiger charge is -2.16. The Balaban J connectivity index is 1.49. The number of nitrogens with one attached hydrogen (secondary N) is 2. The molecule has 5 nitrogen and oxygen atoms in total. The summed E-state index contributed by atoms with van der Waals surface area (Å²) in [6, 6.07) is 0.494. The Hall–Kier alpha value is -1.56. The lowest BCUT2D eigenvalue weighted by Crippen LogP contribution is -2.42. The van der Waals surface area contributed by atoms with Crippen LogP contribution in [-0.2, 0) is 6.42 Å². The van der Waals surface area contributed by atoms with Crippen molar-refractivity contribution in [1.29, 1.82) is 0 Å². The Bertz CT molecular complexity index is 537. The van der Waals surface area contributed by atoms with Gasteiger partial charge < -0.3 is 15.5 Å². The fourth-order valence-corrected chi connectivity index (χ4v) is 3.91. The number of guanidine groups is 1. The number of thiazole rings is 1. The largest absolute Gasteiger partial charge is 0.357 e. The molecule has 1 aliphatic carbocycles. The van der Waals surface area contributed by atoms with Gasteiger partial charge >= 0.3 is 0 Å². The molecule has 2 N–H and O–H groups in total. The number of rotatable bonds is 6. The van der Waals surface area contributed by atoms with Crippen molar-refractivity contribution in [2.24, 2.45) is 4.99 Å². The zero-order valence-electron chi connectivity index (χ0n) is 13.9. The van der Waals surface area contributed by atoms with E-state index in [9.17, 15) is 0 Å². The van der Waals surface area contributed by atoms with Gasteiger partial charge in [-0.1, -0.05) is 12.2 Å². The molecule has 0 saturated carbocycles. The van der Waals surface area contributed by atoms with Gasteiger partial charge in [-0.3, -0.25) is 4.99 Å². The third-order valence-electron chi connectivity index (χ3n) is 4.25. The maximum absolute atomic E-state index is 4.76. The van der Waals surface area contributed by atoms with Crippen LogP contribution in [0.4, 0.5) is 5.13 Å². The highest BCUT2D eigenvalue weighted by Gasteiger charge is 2.15. The predicted molar refractivity (Wildman–Crippen MR) is 98.5 cm³/mol. The standard InChI is InChI=1S/C17H27N5S/c1-2-18-16(20-14-7-3-4-8-14)19-10-9-15-13-23-17(21-15)22-11-5-6-12-22/h3-4,13-14H,2,5-12H2,1H3,(H2,18,19,20). The van der Waals surface area contributed by atoms with Gasteiger partial charge in [0, 0.05) is 44.0 Å². The topological polar surface area (TPSA) is 52.6 Å². The van der Waals surface area contributed by atoms with Gasteiger partial charge in [-0.05, 0) is 32.6 Å². The first-order valence-electron chi connectivity index (χ1n) is 8.74. The minimum atomic E-state index is 0.494. The molecule has 1 aromatic rings. The minimum absolute atomic E-state index is 0.494. The van der Waals surface area contributed by atoms with Crippen LogP contribution in [0, 0.1) is 0 Å². The molecule has 6 heteroatoms. The van der Waals surface area contributed by atoms with Gasteiger partial charge in [0.25, 0.3) is 0 Å². The van der Waals surface area contributed by atoms with Crippen LogP contribution in [0.2, 0.25) is 0 Å². The number of anilines is 1. The van der Waals surface area contributed by atoms with Crippen LogP contribution < -0.4 is 15.5 Å². The Labute approximate surface area is 142 Å². The molecule has 1 aliphatic heterocycles. The summed E-state index contributed by atoms with van der Waals surface area (Å²) < 4.78 is 0. The number of nitrogens with zero attached hydrogens (tertiary/aromatic N) is 3. The van der Waals surface area contributed by atoms with Gasteiger partial charge in [0.2, 0.25) is 0 Å². The average molecular weight is 334 g/mol. The van der Waals surface area contributed by atoms with Crippen molar-refractivity contribution in [3.63, 3.8) is 0 Å². The summed E-state index contributed by atoms with van der Waals surface area (Å²) in [5.41, 5.74) is 1.17. The number of hydrogen-bond donors (Lipinski definition) is 2. The molecule has 0 unspecified atom stereocenters. The van der Waals surface area contributed by atoms with Crippen molar-refractivity contribution in [3.05, 3.63) is 23.2 Å². The molecule has 3 rings (SSSR count). The van der Waals surface area contributed by atoms with Crippen molar-refractivity contribution >= 4 is 22.4 Å². The van der Waals surface area contributed by atoms with Crippen molar-refractivity contribution in [2.45, 2.75) is 45.1 Å². The maximum atomic E-state index is 4.76. The molecule has 0 amide bonds. The second kappa shape index (κ2) is 8.34. The summed E-state index contributed by atoms with van der Waals surface area (Å²) >= 11 is 1.77. The van der Waals surface area contributed by atoms with Crippen LogP contribution in [0.25, 0.3) is 0 Å². The van der Waals surface area contributed by atoms with E-state index in [0.29, 0.717) is 6.04 Å². The third kappa shape index (κ3) is 4.70. The Morgan fingerprint density at radius 1 is 1.35 bits per heavy atom. The lowest BCUT2D eigenvalue weighted by molar-refractivity contribution is 0.633. The molecular formula is C17H27N5S. The number of aromatic nitrogens is 1. The molecule has 0 spiro atoms. The summed E-state index contributed by atoms with van der Waals surface area (Å²) in [6.07, 6.45) is 10.2. The number of hydrogen-bond acceptors (Lipinski definition) is 4. The monoisotopic (exact) mass is 333 g/mol. The smallest absolute Gasteiger partial charge is 0.191 e. The molecule has 1 fully saturated rings. The predicted octanol–water partition coefficient (Wildman–Crippen LogP) is 2.56. The Morgan fingerprint density at radius 3 is 2.87 bits per heavy atom. The molecule has 1 aromatic heterocycles. The van der Waals surface area contributed by atoms with Gasteiger partial charge in [-0.15, -0.1) is 11.3 Å². The highest BCUT2D eigenvalue weighted by molar-refractivity contribution is 7.13. The van der Waals surface area contributed by atoms with E-state index in [4.69, 9.17) is 9.98 Å². The fourth-order valence-electron chi connectivity index (χ4n) is 3.00. The summed E-state index contributed by atoms with van der Waals surface area (Å²) in [6.45, 7) is 6.09. The van der Waals surface area contributed by atoms with E-state index < -0.39 is 0 Å². The third-order valence-corrected chi connectivity index (χ3v) is 5.20. The quantitative estimate of drug-likeness (QED) is 0.477. The normalized spacial score (nSPS) is 18.8. The Kier molecular flexibility index (Phi) is 5.91. The second-order valence-electron chi connectivity index (χ2n) is 6.11. The zero-order valence-corrected chi connectivity index (χ0v) is 14.7. The highest BCUT2D eigenvalue weighted by atomic mass is 32.1. The molecule has 0 radical (unpaired) electrons. The SMILES string of the molecule is CCNC(=NCCc1csc(N2CCCC2)n1)NC1CC=CC1. The summed E-state index contributed by atoms with van der Waals surface area (Å²) in [5, 5.41) is 10.2. The average Bonchev–Trinajstić information content (AvgIpc) is 3.30. The fraction of sp³-hybridized carbons (Fsp3) is 0.647. The molecule has 0 bridgehead atoms. The molecule has 0 aromatic carbocycles. The van der Waals surface area contributed by atoms with Gasteiger partial charge in [0.1, 0.15) is 0 Å². The van der Waals surface area contributed by atoms with Gasteiger partial charge in [0.05, 0.1) is 5.69 Å². The lowest BCUT2D eigenvalue weighted by atomic mass is 10.2. The van der Waals surface area contributed by atoms with E-state index in [0.717, 1.165) is 51.4 Å². The molecular weight excluding hydrogens is 306 g/mol. The first-order valence-corrected chi connectivity index (χ1v) is 9.62. The highest BCUT2D eigenvalue weighted by Crippen LogP contribution is 2.24. The van der Waals surface area contributed by atoms with Gasteiger partial charge in [0.15, 0.2) is 11.1 Å². The van der Waals surface area contributed by atoms with Crippen LogP contribution in [0.3, 0.4) is 0 Å². The van der Waals surface area contributed by atoms with E-state index in [2.05, 4.69) is 40.0 Å². The van der Waals surface area contributed by atoms with Crippen LogP contribution >= 0.6 is 11.3 Å². The Morgan fingerprint density at radius 2 is 2.13 bits per heavy atom. The summed E-state index contributed by atoms with van der Waals surface area (Å²) in [7, 11) is 0. The van der Waals surface area contributed by atoms with Crippen molar-refractivity contribution in [3.8, 4) is 0 Å². The van der Waals surface area contributed by atoms with Crippen molar-refractivity contribution in [2.75, 3.05) is 31.1 Å². The van der Waals surface area contributed by atoms with Crippen LogP contribution in [0.5, 0.6) is 0 Å². The van der Waals surface area contributed by atoms with E-state index in [-0.39, 0.29) is 0 Å². The molecule has 1 saturated heterocycles. The van der Waals surface area contributed by atoms with E-state index in [1.54, 1.807) is 11.3 Å². The summed E-state index contributed by atoms with van der Waals surface area (Å²) in [5.74, 6) is 0.927. The van der Waals surface area contributed by atoms with E-state index in [1.165, 1.54) is 23.7 Å².